The zero-order valence-corrected chi connectivity index (χ0v) is 34.4. The van der Waals surface area contributed by atoms with Gasteiger partial charge in [0.15, 0.2) is 5.82 Å². The van der Waals surface area contributed by atoms with Gasteiger partial charge in [-0.25, -0.2) is 9.78 Å². The second kappa shape index (κ2) is 18.6. The second-order valence-electron chi connectivity index (χ2n) is 15.5. The third-order valence-electron chi connectivity index (χ3n) is 9.75. The maximum atomic E-state index is 12.7. The highest BCUT2D eigenvalue weighted by atomic mass is 16.6. The van der Waals surface area contributed by atoms with Crippen LogP contribution in [0.5, 0.6) is 28.9 Å². The number of aryl methyl sites for hydroxylation is 1. The molecule has 1 saturated carbocycles. The van der Waals surface area contributed by atoms with Crippen molar-refractivity contribution in [2.24, 2.45) is 5.92 Å². The topological polar surface area (TPSA) is 131 Å². The summed E-state index contributed by atoms with van der Waals surface area (Å²) >= 11 is 0. The molecule has 0 aliphatic heterocycles. The van der Waals surface area contributed by atoms with Gasteiger partial charge in [-0.1, -0.05) is 19.8 Å². The molecule has 1 amide bonds. The van der Waals surface area contributed by atoms with E-state index in [9.17, 15) is 4.79 Å². The Kier molecular flexibility index (Phi) is 13.9. The van der Waals surface area contributed by atoms with Crippen molar-refractivity contribution < 1.29 is 33.2 Å². The van der Waals surface area contributed by atoms with Gasteiger partial charge in [0.05, 0.1) is 34.5 Å². The van der Waals surface area contributed by atoms with Crippen LogP contribution in [0.3, 0.4) is 0 Å². The molecule has 1 fully saturated rings. The average molecular weight is 761 g/mol. The Morgan fingerprint density at radius 1 is 0.927 bits per heavy atom. The van der Waals surface area contributed by atoms with Crippen LogP contribution in [0.25, 0.3) is 11.0 Å². The van der Waals surface area contributed by atoms with Crippen LogP contribution in [0, 0.1) is 5.92 Å². The molecule has 1 N–H and O–H groups in total. The minimum absolute atomic E-state index is 0.0265. The standard InChI is InChI=1S/C42H60N6O7/c1-11-12-16-36-44-37-38(48(36)24-28-14-13-15-31(21-28)43-41(49)55-42(4,5)6)40(54-27(2)3)46-45-39(37)47(25-29-17-19-32(50-7)22-34(29)52-9)26-30-18-20-33(51-8)23-35(30)53-10/h17-20,22-23,27-28,31H,11-16,21,24-26H2,1-10H3,(H,43,49)/t28-,31-/m0/s1. The van der Waals surface area contributed by atoms with Gasteiger partial charge in [0.1, 0.15) is 45.5 Å². The van der Waals surface area contributed by atoms with Crippen molar-refractivity contribution in [3.8, 4) is 28.9 Å². The lowest BCUT2D eigenvalue weighted by atomic mass is 9.85. The minimum atomic E-state index is -0.557. The number of imidazole rings is 1. The zero-order chi connectivity index (χ0) is 39.7. The first-order chi connectivity index (χ1) is 26.4. The molecule has 0 bridgehead atoms. The third-order valence-corrected chi connectivity index (χ3v) is 9.75. The largest absolute Gasteiger partial charge is 0.497 e. The predicted molar refractivity (Wildman–Crippen MR) is 214 cm³/mol. The lowest BCUT2D eigenvalue weighted by Gasteiger charge is -2.31. The van der Waals surface area contributed by atoms with Crippen LogP contribution in [0.1, 0.15) is 97.0 Å². The van der Waals surface area contributed by atoms with Crippen LogP contribution in [0.4, 0.5) is 10.6 Å². The monoisotopic (exact) mass is 760 g/mol. The van der Waals surface area contributed by atoms with Crippen molar-refractivity contribution in [3.05, 3.63) is 53.3 Å². The molecule has 0 radical (unpaired) electrons. The number of unbranched alkanes of at least 4 members (excludes halogenated alkanes) is 1. The fraction of sp³-hybridized carbons (Fsp3) is 0.571. The molecule has 2 atom stereocenters. The van der Waals surface area contributed by atoms with E-state index < -0.39 is 5.60 Å². The number of methoxy groups -OCH3 is 4. The van der Waals surface area contributed by atoms with E-state index >= 15 is 0 Å². The second-order valence-corrected chi connectivity index (χ2v) is 15.5. The number of hydrogen-bond donors (Lipinski definition) is 1. The molecule has 0 saturated heterocycles. The Bertz CT molecular complexity index is 1830. The molecule has 5 rings (SSSR count). The number of carbonyl (C=O) groups is 1. The molecule has 13 nitrogen and oxygen atoms in total. The number of benzene rings is 2. The molecule has 13 heteroatoms. The molecule has 2 heterocycles. The first-order valence-corrected chi connectivity index (χ1v) is 19.4. The summed E-state index contributed by atoms with van der Waals surface area (Å²) in [5.74, 6) is 5.11. The molecule has 1 aliphatic rings. The number of rotatable bonds is 17. The third kappa shape index (κ3) is 10.6. The molecule has 0 spiro atoms. The van der Waals surface area contributed by atoms with E-state index in [0.29, 0.717) is 60.2 Å². The molecule has 2 aromatic carbocycles. The minimum Gasteiger partial charge on any atom is -0.497 e. The normalized spacial score (nSPS) is 15.8. The highest BCUT2D eigenvalue weighted by Crippen LogP contribution is 2.38. The number of alkyl carbamates (subject to hydrolysis) is 1. The number of carbonyl (C=O) groups excluding carboxylic acids is 1. The summed E-state index contributed by atoms with van der Waals surface area (Å²) in [5.41, 5.74) is 2.85. The molecule has 1 aliphatic carbocycles. The van der Waals surface area contributed by atoms with E-state index in [1.165, 1.54) is 0 Å². The Labute approximate surface area is 326 Å². The molecule has 0 unspecified atom stereocenters. The number of hydrogen-bond acceptors (Lipinski definition) is 11. The van der Waals surface area contributed by atoms with Crippen LogP contribution >= 0.6 is 0 Å². The van der Waals surface area contributed by atoms with Crippen LogP contribution < -0.4 is 33.9 Å². The lowest BCUT2D eigenvalue weighted by molar-refractivity contribution is 0.0483. The number of amides is 1. The predicted octanol–water partition coefficient (Wildman–Crippen LogP) is 8.28. The summed E-state index contributed by atoms with van der Waals surface area (Å²) in [7, 11) is 6.60. The molecule has 4 aromatic rings. The van der Waals surface area contributed by atoms with Crippen molar-refractivity contribution in [1.29, 1.82) is 0 Å². The highest BCUT2D eigenvalue weighted by Gasteiger charge is 2.30. The fourth-order valence-corrected chi connectivity index (χ4v) is 7.20. The maximum Gasteiger partial charge on any atom is 0.407 e. The number of anilines is 1. The quantitative estimate of drug-likeness (QED) is 0.112. The SMILES string of the molecule is CCCCc1nc2c(N(Cc3ccc(OC)cc3OC)Cc3ccc(OC)cc3OC)nnc(OC(C)C)c2n1C[C@H]1CCC[C@H](NC(=O)OC(C)(C)C)C1. The summed E-state index contributed by atoms with van der Waals surface area (Å²) in [6.45, 7) is 13.4. The molecule has 2 aromatic heterocycles. The number of nitrogens with one attached hydrogen (secondary N) is 1. The number of aromatic nitrogens is 4. The molecule has 55 heavy (non-hydrogen) atoms. The summed E-state index contributed by atoms with van der Waals surface area (Å²) in [4.78, 5) is 20.3. The lowest BCUT2D eigenvalue weighted by Crippen LogP contribution is -2.42. The summed E-state index contributed by atoms with van der Waals surface area (Å²) < 4.78 is 37.0. The van der Waals surface area contributed by atoms with Crippen molar-refractivity contribution in [2.75, 3.05) is 33.3 Å². The zero-order valence-electron chi connectivity index (χ0n) is 34.4. The van der Waals surface area contributed by atoms with Gasteiger partial charge in [0.25, 0.3) is 5.88 Å². The van der Waals surface area contributed by atoms with Gasteiger partial charge >= 0.3 is 6.09 Å². The van der Waals surface area contributed by atoms with Crippen molar-refractivity contribution in [2.45, 2.75) is 124 Å². The van der Waals surface area contributed by atoms with Crippen LogP contribution in [-0.4, -0.2) is 72.0 Å². The van der Waals surface area contributed by atoms with Crippen LogP contribution in [0.2, 0.25) is 0 Å². The molecular formula is C42H60N6O7. The van der Waals surface area contributed by atoms with Gasteiger partial charge in [-0.15, -0.1) is 10.2 Å². The van der Waals surface area contributed by atoms with Crippen LogP contribution in [-0.2, 0) is 30.8 Å². The smallest absolute Gasteiger partial charge is 0.407 e. The highest BCUT2D eigenvalue weighted by molar-refractivity contribution is 5.90. The van der Waals surface area contributed by atoms with Gasteiger partial charge in [-0.3, -0.25) is 0 Å². The van der Waals surface area contributed by atoms with E-state index in [2.05, 4.69) is 21.7 Å². The van der Waals surface area contributed by atoms with E-state index in [4.69, 9.17) is 43.6 Å². The average Bonchev–Trinajstić information content (AvgIpc) is 3.51. The number of ether oxygens (including phenoxy) is 6. The van der Waals surface area contributed by atoms with Crippen molar-refractivity contribution >= 4 is 22.9 Å². The number of nitrogens with zero attached hydrogens (tertiary/aromatic N) is 5. The Hall–Kier alpha value is -4.94. The first kappa shape index (κ1) is 41.2. The van der Waals surface area contributed by atoms with E-state index in [1.54, 1.807) is 28.4 Å². The Morgan fingerprint density at radius 2 is 1.56 bits per heavy atom. The van der Waals surface area contributed by atoms with E-state index in [1.807, 2.05) is 71.0 Å². The van der Waals surface area contributed by atoms with Gasteiger partial charge in [-0.2, -0.15) is 0 Å². The van der Waals surface area contributed by atoms with Gasteiger partial charge in [0, 0.05) is 55.4 Å². The van der Waals surface area contributed by atoms with E-state index in [-0.39, 0.29) is 18.2 Å². The van der Waals surface area contributed by atoms with Crippen molar-refractivity contribution in [1.82, 2.24) is 25.1 Å². The van der Waals surface area contributed by atoms with Gasteiger partial charge < -0.3 is 43.2 Å². The summed E-state index contributed by atoms with van der Waals surface area (Å²) in [6, 6.07) is 11.7. The Morgan fingerprint density at radius 3 is 2.11 bits per heavy atom. The Balaban J connectivity index is 1.62. The van der Waals surface area contributed by atoms with Gasteiger partial charge in [0.2, 0.25) is 0 Å². The van der Waals surface area contributed by atoms with E-state index in [0.717, 1.165) is 72.9 Å². The fourth-order valence-electron chi connectivity index (χ4n) is 7.20. The molecule has 300 valence electrons. The molecular weight excluding hydrogens is 700 g/mol. The summed E-state index contributed by atoms with van der Waals surface area (Å²) in [6.07, 6.45) is 6.07. The first-order valence-electron chi connectivity index (χ1n) is 19.4. The number of fused-ring (bicyclic) bond motifs is 1. The van der Waals surface area contributed by atoms with Crippen molar-refractivity contribution in [3.63, 3.8) is 0 Å². The maximum absolute atomic E-state index is 12.7. The van der Waals surface area contributed by atoms with Crippen LogP contribution in [0.15, 0.2) is 36.4 Å². The van der Waals surface area contributed by atoms with Gasteiger partial charge in [-0.05, 0) is 90.5 Å². The summed E-state index contributed by atoms with van der Waals surface area (Å²) in [5, 5.41) is 12.8.